The van der Waals surface area contributed by atoms with Gasteiger partial charge in [-0.3, -0.25) is 9.59 Å². The molecule has 0 heterocycles. The fourth-order valence-electron chi connectivity index (χ4n) is 21.2. The van der Waals surface area contributed by atoms with Crippen molar-refractivity contribution in [1.29, 1.82) is 0 Å². The molecule has 0 aromatic heterocycles. The number of hydrogen-bond acceptors (Lipinski definition) is 6. The Morgan fingerprint density at radius 1 is 0.440 bits per heavy atom. The van der Waals surface area contributed by atoms with Crippen molar-refractivity contribution in [2.24, 2.45) is 92.7 Å². The Kier molecular flexibility index (Phi) is 23.6. The van der Waals surface area contributed by atoms with Crippen molar-refractivity contribution < 1.29 is 28.5 Å². The molecule has 0 aliphatic heterocycles. The van der Waals surface area contributed by atoms with Crippen LogP contribution >= 0.6 is 0 Å². The summed E-state index contributed by atoms with van der Waals surface area (Å²) in [5.74, 6) is 12.1. The molecule has 6 heteroatoms. The lowest BCUT2D eigenvalue weighted by atomic mass is 9.47. The van der Waals surface area contributed by atoms with Crippen LogP contribution in [0.4, 0.5) is 0 Å². The molecule has 0 bridgehead atoms. The van der Waals surface area contributed by atoms with Gasteiger partial charge in [-0.25, -0.2) is 0 Å². The van der Waals surface area contributed by atoms with Crippen LogP contribution in [0, 0.1) is 92.7 Å². The summed E-state index contributed by atoms with van der Waals surface area (Å²) in [4.78, 5) is 26.1. The maximum atomic E-state index is 13.0. The number of fused-ring (bicyclic) bond motifs is 10. The lowest BCUT2D eigenvalue weighted by Crippen LogP contribution is -2.51. The average Bonchev–Trinajstić information content (AvgIpc) is 1.48. The standard InChI is InChI=1S/C78H126O6/c1-55(2)25-23-27-57(5)67-39-41-69-65-37-31-59-53-63(43-47-75(59,7)71(65)45-49-77(67,69)9)83-73(79)29-19-15-11-13-17-21-51-81-61-33-35-62(36-34-61)82-52-22-18-14-12-16-20-30-74(80)84-64-44-48-76(8)60(54-64)32-38-66-70-42-40-68(58(6)28-24-26-56(3)4)78(70,10)50-46-72(66)76/h31-36,55-58,63-72H,11-30,37-54H2,1-10H3/t57-,58-,63+,64+,65+,66+,67-,68-,69+,70+,71+,72+,75+,76+,77-,78-/m1/s1. The zero-order valence-electron chi connectivity index (χ0n) is 55.9. The molecule has 1 aromatic carbocycles. The van der Waals surface area contributed by atoms with Crippen LogP contribution in [0.15, 0.2) is 47.6 Å². The fraction of sp³-hybridized carbons (Fsp3) is 0.846. The van der Waals surface area contributed by atoms with Crippen LogP contribution in [0.3, 0.4) is 0 Å². The number of hydrogen-bond donors (Lipinski definition) is 0. The molecule has 474 valence electrons. The third-order valence-corrected chi connectivity index (χ3v) is 26.0. The minimum atomic E-state index is 0.0188. The van der Waals surface area contributed by atoms with Crippen molar-refractivity contribution in [2.45, 2.75) is 313 Å². The van der Waals surface area contributed by atoms with Crippen LogP contribution < -0.4 is 9.47 Å². The van der Waals surface area contributed by atoms with Gasteiger partial charge in [0.1, 0.15) is 23.7 Å². The topological polar surface area (TPSA) is 71.1 Å². The van der Waals surface area contributed by atoms with E-state index in [1.54, 1.807) is 11.1 Å². The van der Waals surface area contributed by atoms with E-state index >= 15 is 0 Å². The first-order valence-corrected chi connectivity index (χ1v) is 36.5. The highest BCUT2D eigenvalue weighted by molar-refractivity contribution is 5.70. The van der Waals surface area contributed by atoms with Gasteiger partial charge in [0.2, 0.25) is 0 Å². The number of rotatable bonds is 32. The normalized spacial score (nSPS) is 34.9. The molecular formula is C78H126O6. The molecular weight excluding hydrogens is 1030 g/mol. The Bertz CT molecular complexity index is 2120. The quantitative estimate of drug-likeness (QED) is 0.0407. The summed E-state index contributed by atoms with van der Waals surface area (Å²) in [7, 11) is 0. The van der Waals surface area contributed by atoms with Crippen molar-refractivity contribution >= 4 is 11.9 Å². The van der Waals surface area contributed by atoms with Crippen molar-refractivity contribution in [3.63, 3.8) is 0 Å². The summed E-state index contributed by atoms with van der Waals surface area (Å²) < 4.78 is 24.5. The molecule has 0 spiro atoms. The van der Waals surface area contributed by atoms with Gasteiger partial charge in [-0.2, -0.15) is 0 Å². The van der Waals surface area contributed by atoms with Gasteiger partial charge in [0.05, 0.1) is 13.2 Å². The Balaban J connectivity index is 0.554. The highest BCUT2D eigenvalue weighted by Gasteiger charge is 2.61. The van der Waals surface area contributed by atoms with E-state index in [1.807, 2.05) is 24.3 Å². The van der Waals surface area contributed by atoms with Crippen molar-refractivity contribution in [3.05, 3.63) is 47.6 Å². The molecule has 84 heavy (non-hydrogen) atoms. The predicted molar refractivity (Wildman–Crippen MR) is 348 cm³/mol. The van der Waals surface area contributed by atoms with Gasteiger partial charge in [0, 0.05) is 25.7 Å². The Morgan fingerprint density at radius 2 is 0.821 bits per heavy atom. The van der Waals surface area contributed by atoms with E-state index in [9.17, 15) is 9.59 Å². The van der Waals surface area contributed by atoms with E-state index < -0.39 is 0 Å². The summed E-state index contributed by atoms with van der Waals surface area (Å²) in [6.07, 6.45) is 48.3. The second-order valence-corrected chi connectivity index (χ2v) is 32.2. The fourth-order valence-corrected chi connectivity index (χ4v) is 21.2. The first-order chi connectivity index (χ1) is 40.4. The van der Waals surface area contributed by atoms with Crippen LogP contribution in [0.2, 0.25) is 0 Å². The number of allylic oxidation sites excluding steroid dienone is 2. The van der Waals surface area contributed by atoms with E-state index in [4.69, 9.17) is 18.9 Å². The number of unbranched alkanes of at least 4 members (excludes halogenated alkanes) is 10. The van der Waals surface area contributed by atoms with Crippen molar-refractivity contribution in [2.75, 3.05) is 13.2 Å². The third-order valence-electron chi connectivity index (χ3n) is 26.0. The van der Waals surface area contributed by atoms with Gasteiger partial charge >= 0.3 is 11.9 Å². The van der Waals surface area contributed by atoms with Gasteiger partial charge in [-0.1, -0.05) is 182 Å². The molecule has 6 fully saturated rings. The number of carbonyl (C=O) groups is 2. The molecule has 0 amide bonds. The largest absolute Gasteiger partial charge is 0.494 e. The Hall–Kier alpha value is -2.76. The van der Waals surface area contributed by atoms with Crippen LogP contribution in [0.25, 0.3) is 0 Å². The third kappa shape index (κ3) is 15.8. The summed E-state index contributed by atoms with van der Waals surface area (Å²) in [5.41, 5.74) is 4.89. The second-order valence-electron chi connectivity index (χ2n) is 32.2. The molecule has 1 aromatic rings. The summed E-state index contributed by atoms with van der Waals surface area (Å²) >= 11 is 0. The van der Waals surface area contributed by atoms with E-state index in [-0.39, 0.29) is 24.1 Å². The highest BCUT2D eigenvalue weighted by Crippen LogP contribution is 2.69. The maximum absolute atomic E-state index is 13.0. The van der Waals surface area contributed by atoms with Crippen LogP contribution in [-0.2, 0) is 19.1 Å². The molecule has 0 radical (unpaired) electrons. The zero-order valence-corrected chi connectivity index (χ0v) is 55.9. The molecule has 16 atom stereocenters. The van der Waals surface area contributed by atoms with Crippen LogP contribution in [-0.4, -0.2) is 37.4 Å². The average molecular weight is 1160 g/mol. The van der Waals surface area contributed by atoms with E-state index in [0.717, 1.165) is 186 Å². The predicted octanol–water partition coefficient (Wildman–Crippen LogP) is 21.8. The minimum Gasteiger partial charge on any atom is -0.494 e. The van der Waals surface area contributed by atoms with Crippen LogP contribution in [0.5, 0.6) is 11.5 Å². The number of ether oxygens (including phenoxy) is 4. The Morgan fingerprint density at radius 3 is 1.21 bits per heavy atom. The molecule has 0 N–H and O–H groups in total. The van der Waals surface area contributed by atoms with E-state index in [1.165, 1.54) is 128 Å². The maximum Gasteiger partial charge on any atom is 0.306 e. The first kappa shape index (κ1) is 65.7. The summed E-state index contributed by atoms with van der Waals surface area (Å²) in [5, 5.41) is 0. The van der Waals surface area contributed by atoms with Crippen molar-refractivity contribution in [3.8, 4) is 11.5 Å². The smallest absolute Gasteiger partial charge is 0.306 e. The van der Waals surface area contributed by atoms with Gasteiger partial charge in [0.15, 0.2) is 0 Å². The van der Waals surface area contributed by atoms with Crippen molar-refractivity contribution in [1.82, 2.24) is 0 Å². The number of esters is 2. The van der Waals surface area contributed by atoms with E-state index in [2.05, 4.69) is 81.4 Å². The number of carbonyl (C=O) groups excluding carboxylic acids is 2. The molecule has 6 nitrogen and oxygen atoms in total. The molecule has 0 saturated heterocycles. The zero-order chi connectivity index (χ0) is 59.5. The first-order valence-electron chi connectivity index (χ1n) is 36.5. The lowest BCUT2D eigenvalue weighted by molar-refractivity contribution is -0.152. The van der Waals surface area contributed by atoms with E-state index in [0.29, 0.717) is 34.5 Å². The number of benzene rings is 1. The van der Waals surface area contributed by atoms with Gasteiger partial charge in [0.25, 0.3) is 0 Å². The Labute approximate surface area is 515 Å². The summed E-state index contributed by atoms with van der Waals surface area (Å²) in [6, 6.07) is 8.10. The van der Waals surface area contributed by atoms with Gasteiger partial charge in [-0.05, 0) is 233 Å². The van der Waals surface area contributed by atoms with Gasteiger partial charge in [-0.15, -0.1) is 0 Å². The molecule has 6 saturated carbocycles. The molecule has 8 aliphatic rings. The molecule has 8 aliphatic carbocycles. The lowest BCUT2D eigenvalue weighted by Gasteiger charge is -2.58. The van der Waals surface area contributed by atoms with Crippen LogP contribution in [0.1, 0.15) is 300 Å². The molecule has 0 unspecified atom stereocenters. The minimum absolute atomic E-state index is 0.0188. The molecule has 9 rings (SSSR count). The monoisotopic (exact) mass is 1160 g/mol. The van der Waals surface area contributed by atoms with Gasteiger partial charge < -0.3 is 18.9 Å². The summed E-state index contributed by atoms with van der Waals surface area (Å²) in [6.45, 7) is 26.7. The highest BCUT2D eigenvalue weighted by atomic mass is 16.5. The second kappa shape index (κ2) is 30.2. The SMILES string of the molecule is CC(C)CCC[C@@H](C)[C@H]1CC[C@H]2[C@@H]3CC=C4C[C@@H](OC(=O)CCCCCCCCOc5ccc(OCCCCCCCCC(=O)O[C@H]6CC[C@@]7(C)C(=CC[C@H]8[C@@H]9CC[C@H]([C@H](C)CCCC(C)C)[C@@]9(C)CC[C@@H]87)C6)cc5)CC[C@]4(C)[C@H]3CC[C@]12C.